The fraction of sp³-hybridized carbons (Fsp3) is 0.455. The summed E-state index contributed by atoms with van der Waals surface area (Å²) in [5.41, 5.74) is 1.56. The zero-order chi connectivity index (χ0) is 24.0. The molecule has 2 aromatic rings. The number of rotatable bonds is 8. The van der Waals surface area contributed by atoms with Crippen molar-refractivity contribution in [3.8, 4) is 11.5 Å². The Balaban J connectivity index is 1.58. The maximum Gasteiger partial charge on any atom is 0.314 e. The molecule has 1 fully saturated rings. The highest BCUT2D eigenvalue weighted by atomic mass is 16.5. The molecule has 33 heavy (non-hydrogen) atoms. The summed E-state index contributed by atoms with van der Waals surface area (Å²) >= 11 is 0. The predicted octanol–water partition coefficient (Wildman–Crippen LogP) is 0.850. The van der Waals surface area contributed by atoms with E-state index in [1.165, 1.54) is 4.68 Å². The second-order valence-corrected chi connectivity index (χ2v) is 7.71. The molecule has 1 aromatic carbocycles. The number of benzene rings is 1. The summed E-state index contributed by atoms with van der Waals surface area (Å²) < 4.78 is 12.0. The van der Waals surface area contributed by atoms with Gasteiger partial charge in [0, 0.05) is 25.1 Å². The molecule has 0 aliphatic carbocycles. The normalized spacial score (nSPS) is 17.8. The number of nitrogens with zero attached hydrogens (tertiary/aromatic N) is 2. The van der Waals surface area contributed by atoms with Crippen molar-refractivity contribution in [2.24, 2.45) is 0 Å². The molecule has 1 aliphatic rings. The smallest absolute Gasteiger partial charge is 0.314 e. The van der Waals surface area contributed by atoms with Gasteiger partial charge in [0.2, 0.25) is 5.91 Å². The minimum Gasteiger partial charge on any atom is -0.493 e. The van der Waals surface area contributed by atoms with E-state index in [4.69, 9.17) is 9.47 Å². The molecule has 0 radical (unpaired) electrons. The molecule has 1 saturated heterocycles. The first-order chi connectivity index (χ1) is 15.8. The van der Waals surface area contributed by atoms with Gasteiger partial charge in [-0.05, 0) is 37.5 Å². The van der Waals surface area contributed by atoms with Gasteiger partial charge in [-0.1, -0.05) is 13.0 Å². The van der Waals surface area contributed by atoms with E-state index >= 15 is 0 Å². The van der Waals surface area contributed by atoms with Crippen LogP contribution >= 0.6 is 0 Å². The molecule has 0 spiro atoms. The van der Waals surface area contributed by atoms with Crippen LogP contribution in [0.25, 0.3) is 0 Å². The third kappa shape index (κ3) is 6.01. The molecule has 3 rings (SSSR count). The molecule has 0 saturated carbocycles. The maximum atomic E-state index is 12.5. The van der Waals surface area contributed by atoms with Gasteiger partial charge in [-0.15, -0.1) is 0 Å². The van der Waals surface area contributed by atoms with Crippen LogP contribution in [0.3, 0.4) is 0 Å². The lowest BCUT2D eigenvalue weighted by molar-refractivity contribution is -0.136. The van der Waals surface area contributed by atoms with E-state index in [9.17, 15) is 14.4 Å². The van der Waals surface area contributed by atoms with Crippen LogP contribution in [0.5, 0.6) is 11.5 Å². The highest BCUT2D eigenvalue weighted by molar-refractivity contribution is 6.39. The Morgan fingerprint density at radius 1 is 1.18 bits per heavy atom. The van der Waals surface area contributed by atoms with Crippen molar-refractivity contribution < 1.29 is 23.9 Å². The number of hydrogen-bond donors (Lipinski definition) is 4. The van der Waals surface area contributed by atoms with Gasteiger partial charge in [-0.2, -0.15) is 5.10 Å². The summed E-state index contributed by atoms with van der Waals surface area (Å²) in [6.07, 6.45) is 1.03. The van der Waals surface area contributed by atoms with Gasteiger partial charge in [0.1, 0.15) is 5.82 Å². The van der Waals surface area contributed by atoms with Crippen molar-refractivity contribution in [1.29, 1.82) is 0 Å². The molecule has 1 aliphatic heterocycles. The molecule has 178 valence electrons. The molecule has 11 nitrogen and oxygen atoms in total. The second kappa shape index (κ2) is 10.8. The van der Waals surface area contributed by atoms with E-state index in [0.29, 0.717) is 35.9 Å². The number of carbonyl (C=O) groups excluding carboxylic acids is 3. The lowest BCUT2D eigenvalue weighted by atomic mass is 10.1. The van der Waals surface area contributed by atoms with Gasteiger partial charge in [0.05, 0.1) is 19.9 Å². The third-order valence-corrected chi connectivity index (χ3v) is 5.31. The Morgan fingerprint density at radius 2 is 1.94 bits per heavy atom. The Bertz CT molecular complexity index is 1020. The standard InChI is InChI=1S/C22H30N6O5/c1-5-15-12-19(29)26-22(24-15)28-18(10-13(2)27-28)25-21(31)20(30)23-9-8-14-6-7-16(32-3)17(11-14)33-4/h6-7,10-11,15,22,24H,5,8-9,12H2,1-4H3,(H,23,30)(H,25,31)(H,26,29). The van der Waals surface area contributed by atoms with Crippen molar-refractivity contribution in [3.05, 3.63) is 35.5 Å². The number of aromatic nitrogens is 2. The number of amides is 3. The van der Waals surface area contributed by atoms with Gasteiger partial charge >= 0.3 is 11.8 Å². The zero-order valence-electron chi connectivity index (χ0n) is 19.2. The minimum absolute atomic E-state index is 0.00307. The van der Waals surface area contributed by atoms with Crippen LogP contribution in [0, 0.1) is 6.92 Å². The van der Waals surface area contributed by atoms with Crippen LogP contribution in [0.1, 0.15) is 37.3 Å². The van der Waals surface area contributed by atoms with E-state index in [-0.39, 0.29) is 18.5 Å². The Morgan fingerprint density at radius 3 is 2.64 bits per heavy atom. The van der Waals surface area contributed by atoms with Crippen molar-refractivity contribution in [2.75, 3.05) is 26.1 Å². The van der Waals surface area contributed by atoms with Crippen LogP contribution in [0.15, 0.2) is 24.3 Å². The first-order valence-electron chi connectivity index (χ1n) is 10.8. The van der Waals surface area contributed by atoms with Crippen LogP contribution in [-0.2, 0) is 20.8 Å². The Labute approximate surface area is 192 Å². The fourth-order valence-electron chi connectivity index (χ4n) is 3.57. The average molecular weight is 459 g/mol. The van der Waals surface area contributed by atoms with E-state index in [1.54, 1.807) is 33.3 Å². The van der Waals surface area contributed by atoms with Gasteiger partial charge in [-0.3, -0.25) is 19.7 Å². The summed E-state index contributed by atoms with van der Waals surface area (Å²) in [6, 6.07) is 7.10. The summed E-state index contributed by atoms with van der Waals surface area (Å²) in [7, 11) is 3.11. The third-order valence-electron chi connectivity index (χ3n) is 5.31. The quantitative estimate of drug-likeness (QED) is 0.431. The number of aryl methyl sites for hydroxylation is 1. The largest absolute Gasteiger partial charge is 0.493 e. The summed E-state index contributed by atoms with van der Waals surface area (Å²) in [5.74, 6) is -0.182. The average Bonchev–Trinajstić information content (AvgIpc) is 3.18. The summed E-state index contributed by atoms with van der Waals surface area (Å²) in [6.45, 7) is 4.01. The van der Waals surface area contributed by atoms with E-state index in [2.05, 4.69) is 26.4 Å². The number of hydrogen-bond acceptors (Lipinski definition) is 7. The maximum absolute atomic E-state index is 12.5. The SMILES string of the molecule is CCC1CC(=O)NC(n2nc(C)cc2NC(=O)C(=O)NCCc2ccc(OC)c(OC)c2)N1. The number of carbonyl (C=O) groups is 3. The van der Waals surface area contributed by atoms with Gasteiger partial charge < -0.3 is 25.4 Å². The lowest BCUT2D eigenvalue weighted by Crippen LogP contribution is -2.53. The van der Waals surface area contributed by atoms with Crippen LogP contribution in [-0.4, -0.2) is 54.3 Å². The molecule has 1 aromatic heterocycles. The molecule has 0 bridgehead atoms. The first-order valence-corrected chi connectivity index (χ1v) is 10.8. The van der Waals surface area contributed by atoms with E-state index in [1.807, 2.05) is 19.1 Å². The highest BCUT2D eigenvalue weighted by Gasteiger charge is 2.28. The number of ether oxygens (including phenoxy) is 2. The molecule has 2 heterocycles. The molecular weight excluding hydrogens is 428 g/mol. The minimum atomic E-state index is -0.822. The van der Waals surface area contributed by atoms with E-state index < -0.39 is 18.1 Å². The van der Waals surface area contributed by atoms with Crippen molar-refractivity contribution in [1.82, 2.24) is 25.7 Å². The molecule has 4 N–H and O–H groups in total. The monoisotopic (exact) mass is 458 g/mol. The van der Waals surface area contributed by atoms with Gasteiger partial charge in [0.15, 0.2) is 17.8 Å². The van der Waals surface area contributed by atoms with Crippen molar-refractivity contribution in [3.63, 3.8) is 0 Å². The Hall–Kier alpha value is -3.60. The zero-order valence-corrected chi connectivity index (χ0v) is 19.2. The van der Waals surface area contributed by atoms with Gasteiger partial charge in [-0.25, -0.2) is 4.68 Å². The second-order valence-electron chi connectivity index (χ2n) is 7.71. The summed E-state index contributed by atoms with van der Waals surface area (Å²) in [4.78, 5) is 36.8. The Kier molecular flexibility index (Phi) is 7.88. The van der Waals surface area contributed by atoms with Crippen molar-refractivity contribution >= 4 is 23.5 Å². The molecule has 11 heteroatoms. The number of nitrogens with one attached hydrogen (secondary N) is 4. The van der Waals surface area contributed by atoms with Crippen LogP contribution in [0.4, 0.5) is 5.82 Å². The molecule has 2 atom stereocenters. The number of anilines is 1. The van der Waals surface area contributed by atoms with Gasteiger partial charge in [0.25, 0.3) is 0 Å². The summed E-state index contributed by atoms with van der Waals surface area (Å²) in [5, 5.41) is 15.6. The fourth-order valence-corrected chi connectivity index (χ4v) is 3.57. The molecule has 2 unspecified atom stereocenters. The first kappa shape index (κ1) is 24.1. The van der Waals surface area contributed by atoms with Crippen molar-refractivity contribution in [2.45, 2.75) is 45.4 Å². The van der Waals surface area contributed by atoms with Crippen LogP contribution < -0.4 is 30.7 Å². The highest BCUT2D eigenvalue weighted by Crippen LogP contribution is 2.27. The molecule has 3 amide bonds. The number of methoxy groups -OCH3 is 2. The predicted molar refractivity (Wildman–Crippen MR) is 121 cm³/mol. The lowest BCUT2D eigenvalue weighted by Gasteiger charge is -2.31. The van der Waals surface area contributed by atoms with E-state index in [0.717, 1.165) is 12.0 Å². The molecular formula is C22H30N6O5. The van der Waals surface area contributed by atoms with Crippen LogP contribution in [0.2, 0.25) is 0 Å². The topological polar surface area (TPSA) is 136 Å².